The van der Waals surface area contributed by atoms with Crippen LogP contribution >= 0.6 is 0 Å². The SMILES string of the molecule is CNc1cccc(NC(C)C(=O)NC2CC2)n1. The van der Waals surface area contributed by atoms with Gasteiger partial charge in [-0.15, -0.1) is 0 Å². The summed E-state index contributed by atoms with van der Waals surface area (Å²) in [5, 5.41) is 9.00. The molecule has 1 aromatic rings. The summed E-state index contributed by atoms with van der Waals surface area (Å²) in [4.78, 5) is 16.0. The zero-order valence-corrected chi connectivity index (χ0v) is 10.2. The first-order valence-corrected chi connectivity index (χ1v) is 5.91. The Bertz CT molecular complexity index is 403. The quantitative estimate of drug-likeness (QED) is 0.716. The van der Waals surface area contributed by atoms with Gasteiger partial charge in [0.05, 0.1) is 0 Å². The van der Waals surface area contributed by atoms with E-state index in [9.17, 15) is 4.79 Å². The monoisotopic (exact) mass is 234 g/mol. The predicted molar refractivity (Wildman–Crippen MR) is 68.0 cm³/mol. The van der Waals surface area contributed by atoms with Crippen LogP contribution in [0.5, 0.6) is 0 Å². The molecular weight excluding hydrogens is 216 g/mol. The zero-order valence-electron chi connectivity index (χ0n) is 10.2. The average molecular weight is 234 g/mol. The molecule has 1 unspecified atom stereocenters. The second-order valence-electron chi connectivity index (χ2n) is 4.31. The third kappa shape index (κ3) is 3.34. The van der Waals surface area contributed by atoms with Crippen LogP contribution in [0.25, 0.3) is 0 Å². The van der Waals surface area contributed by atoms with Crippen molar-refractivity contribution in [2.24, 2.45) is 0 Å². The molecule has 3 N–H and O–H groups in total. The van der Waals surface area contributed by atoms with Gasteiger partial charge in [0.1, 0.15) is 17.7 Å². The Balaban J connectivity index is 1.91. The minimum atomic E-state index is -0.268. The van der Waals surface area contributed by atoms with Gasteiger partial charge >= 0.3 is 0 Å². The van der Waals surface area contributed by atoms with Crippen LogP contribution in [0.2, 0.25) is 0 Å². The summed E-state index contributed by atoms with van der Waals surface area (Å²) >= 11 is 0. The van der Waals surface area contributed by atoms with Crippen molar-refractivity contribution >= 4 is 17.5 Å². The number of anilines is 2. The summed E-state index contributed by atoms with van der Waals surface area (Å²) in [7, 11) is 1.81. The van der Waals surface area contributed by atoms with Crippen molar-refractivity contribution in [3.8, 4) is 0 Å². The molecule has 92 valence electrons. The number of aromatic nitrogens is 1. The number of rotatable bonds is 5. The lowest BCUT2D eigenvalue weighted by Crippen LogP contribution is -2.38. The highest BCUT2D eigenvalue weighted by Crippen LogP contribution is 2.19. The Morgan fingerprint density at radius 2 is 2.12 bits per heavy atom. The minimum Gasteiger partial charge on any atom is -0.373 e. The number of nitrogens with zero attached hydrogens (tertiary/aromatic N) is 1. The van der Waals surface area contributed by atoms with Crippen molar-refractivity contribution in [2.45, 2.75) is 31.8 Å². The molecule has 0 aliphatic heterocycles. The molecule has 0 radical (unpaired) electrons. The van der Waals surface area contributed by atoms with Gasteiger partial charge < -0.3 is 16.0 Å². The first-order chi connectivity index (χ1) is 8.19. The van der Waals surface area contributed by atoms with E-state index in [1.165, 1.54) is 0 Å². The number of carbonyl (C=O) groups is 1. The van der Waals surface area contributed by atoms with E-state index in [-0.39, 0.29) is 11.9 Å². The molecular formula is C12H18N4O. The van der Waals surface area contributed by atoms with Gasteiger partial charge in [0.15, 0.2) is 0 Å². The third-order valence-corrected chi connectivity index (χ3v) is 2.69. The Labute approximate surface area is 101 Å². The first kappa shape index (κ1) is 11.7. The second kappa shape index (κ2) is 5.03. The highest BCUT2D eigenvalue weighted by molar-refractivity contribution is 5.84. The van der Waals surface area contributed by atoms with E-state index in [1.807, 2.05) is 32.2 Å². The standard InChI is InChI=1S/C12H18N4O/c1-8(12(17)15-9-6-7-9)14-11-5-3-4-10(13-2)16-11/h3-5,8-9H,6-7H2,1-2H3,(H,15,17)(H2,13,14,16). The maximum Gasteiger partial charge on any atom is 0.242 e. The van der Waals surface area contributed by atoms with E-state index < -0.39 is 0 Å². The van der Waals surface area contributed by atoms with Crippen molar-refractivity contribution in [1.82, 2.24) is 10.3 Å². The molecule has 0 saturated heterocycles. The minimum absolute atomic E-state index is 0.0316. The number of amides is 1. The highest BCUT2D eigenvalue weighted by atomic mass is 16.2. The van der Waals surface area contributed by atoms with E-state index in [1.54, 1.807) is 0 Å². The number of pyridine rings is 1. The topological polar surface area (TPSA) is 66.0 Å². The van der Waals surface area contributed by atoms with Crippen LogP contribution in [-0.2, 0) is 4.79 Å². The fourth-order valence-corrected chi connectivity index (χ4v) is 1.50. The van der Waals surface area contributed by atoms with Gasteiger partial charge in [-0.1, -0.05) is 6.07 Å². The molecule has 1 aliphatic rings. The van der Waals surface area contributed by atoms with Gasteiger partial charge in [-0.25, -0.2) is 4.98 Å². The van der Waals surface area contributed by atoms with Gasteiger partial charge in [0.25, 0.3) is 0 Å². The van der Waals surface area contributed by atoms with E-state index in [4.69, 9.17) is 0 Å². The van der Waals surface area contributed by atoms with Crippen LogP contribution in [0.15, 0.2) is 18.2 Å². The van der Waals surface area contributed by atoms with Crippen molar-refractivity contribution in [2.75, 3.05) is 17.7 Å². The van der Waals surface area contributed by atoms with Crippen molar-refractivity contribution in [3.05, 3.63) is 18.2 Å². The van der Waals surface area contributed by atoms with Crippen LogP contribution in [-0.4, -0.2) is 30.0 Å². The molecule has 1 fully saturated rings. The van der Waals surface area contributed by atoms with Crippen LogP contribution in [0, 0.1) is 0 Å². The maximum atomic E-state index is 11.7. The summed E-state index contributed by atoms with van der Waals surface area (Å²) < 4.78 is 0. The molecule has 0 aromatic carbocycles. The largest absolute Gasteiger partial charge is 0.373 e. The lowest BCUT2D eigenvalue weighted by molar-refractivity contribution is -0.121. The maximum absolute atomic E-state index is 11.7. The highest BCUT2D eigenvalue weighted by Gasteiger charge is 2.25. The average Bonchev–Trinajstić information content (AvgIpc) is 3.13. The van der Waals surface area contributed by atoms with Gasteiger partial charge in [-0.05, 0) is 31.9 Å². The van der Waals surface area contributed by atoms with Gasteiger partial charge in [-0.3, -0.25) is 4.79 Å². The summed E-state index contributed by atoms with van der Waals surface area (Å²) in [6, 6.07) is 5.74. The number of carbonyl (C=O) groups excluding carboxylic acids is 1. The lowest BCUT2D eigenvalue weighted by atomic mass is 10.3. The normalized spacial score (nSPS) is 16.1. The smallest absolute Gasteiger partial charge is 0.242 e. The Morgan fingerprint density at radius 1 is 1.41 bits per heavy atom. The number of nitrogens with one attached hydrogen (secondary N) is 3. The van der Waals surface area contributed by atoms with Crippen LogP contribution < -0.4 is 16.0 Å². The summed E-state index contributed by atoms with van der Waals surface area (Å²) in [6.45, 7) is 1.84. The summed E-state index contributed by atoms with van der Waals surface area (Å²) in [6.07, 6.45) is 2.21. The van der Waals surface area contributed by atoms with E-state index in [2.05, 4.69) is 20.9 Å². The second-order valence-corrected chi connectivity index (χ2v) is 4.31. The van der Waals surface area contributed by atoms with E-state index >= 15 is 0 Å². The number of hydrogen-bond donors (Lipinski definition) is 3. The fourth-order valence-electron chi connectivity index (χ4n) is 1.50. The third-order valence-electron chi connectivity index (χ3n) is 2.69. The summed E-state index contributed by atoms with van der Waals surface area (Å²) in [5.41, 5.74) is 0. The molecule has 0 spiro atoms. The molecule has 1 aliphatic carbocycles. The molecule has 0 bridgehead atoms. The Hall–Kier alpha value is -1.78. The fraction of sp³-hybridized carbons (Fsp3) is 0.500. The van der Waals surface area contributed by atoms with Crippen molar-refractivity contribution < 1.29 is 4.79 Å². The molecule has 5 nitrogen and oxygen atoms in total. The van der Waals surface area contributed by atoms with Gasteiger partial charge in [0.2, 0.25) is 5.91 Å². The Morgan fingerprint density at radius 3 is 2.76 bits per heavy atom. The first-order valence-electron chi connectivity index (χ1n) is 5.91. The van der Waals surface area contributed by atoms with Gasteiger partial charge in [-0.2, -0.15) is 0 Å². The molecule has 1 aromatic heterocycles. The van der Waals surface area contributed by atoms with E-state index in [0.29, 0.717) is 11.9 Å². The van der Waals surface area contributed by atoms with Crippen molar-refractivity contribution in [3.63, 3.8) is 0 Å². The van der Waals surface area contributed by atoms with Crippen LogP contribution in [0.4, 0.5) is 11.6 Å². The molecule has 1 amide bonds. The summed E-state index contributed by atoms with van der Waals surface area (Å²) in [5.74, 6) is 1.52. The molecule has 1 saturated carbocycles. The van der Waals surface area contributed by atoms with E-state index in [0.717, 1.165) is 18.7 Å². The lowest BCUT2D eigenvalue weighted by Gasteiger charge is -2.14. The van der Waals surface area contributed by atoms with Crippen LogP contribution in [0.1, 0.15) is 19.8 Å². The molecule has 5 heteroatoms. The Kier molecular flexibility index (Phi) is 3.46. The molecule has 1 heterocycles. The molecule has 17 heavy (non-hydrogen) atoms. The van der Waals surface area contributed by atoms with Crippen molar-refractivity contribution in [1.29, 1.82) is 0 Å². The van der Waals surface area contributed by atoms with Gasteiger partial charge in [0, 0.05) is 13.1 Å². The zero-order chi connectivity index (χ0) is 12.3. The molecule has 1 atom stereocenters. The van der Waals surface area contributed by atoms with Crippen LogP contribution in [0.3, 0.4) is 0 Å². The number of hydrogen-bond acceptors (Lipinski definition) is 4. The molecule has 2 rings (SSSR count). The predicted octanol–water partition coefficient (Wildman–Crippen LogP) is 1.20.